The highest BCUT2D eigenvalue weighted by Gasteiger charge is 2.42. The first-order valence-electron chi connectivity index (χ1n) is 6.88. The molecule has 2 N–H and O–H groups in total. The van der Waals surface area contributed by atoms with Crippen LogP contribution < -0.4 is 10.6 Å². The van der Waals surface area contributed by atoms with Gasteiger partial charge in [-0.2, -0.15) is 0 Å². The normalized spacial score (nSPS) is 16.5. The maximum absolute atomic E-state index is 13.0. The highest BCUT2D eigenvalue weighted by Crippen LogP contribution is 2.41. The predicted molar refractivity (Wildman–Crippen MR) is 80.7 cm³/mol. The van der Waals surface area contributed by atoms with Crippen LogP contribution in [0.1, 0.15) is 31.2 Å². The van der Waals surface area contributed by atoms with Gasteiger partial charge in [-0.1, -0.05) is 25.0 Å². The van der Waals surface area contributed by atoms with E-state index in [4.69, 9.17) is 0 Å². The molecule has 3 nitrogen and oxygen atoms in total. The van der Waals surface area contributed by atoms with Crippen molar-refractivity contribution in [3.63, 3.8) is 0 Å². The minimum Gasteiger partial charge on any atom is -0.354 e. The molecule has 112 valence electrons. The van der Waals surface area contributed by atoms with E-state index in [1.807, 2.05) is 7.05 Å². The van der Waals surface area contributed by atoms with Crippen LogP contribution in [0.25, 0.3) is 0 Å². The predicted octanol–water partition coefficient (Wildman–Crippen LogP) is 2.39. The lowest BCUT2D eigenvalue weighted by atomic mass is 9.78. The number of rotatable bonds is 5. The van der Waals surface area contributed by atoms with Gasteiger partial charge in [-0.05, 0) is 37.6 Å². The fourth-order valence-corrected chi connectivity index (χ4v) is 2.86. The topological polar surface area (TPSA) is 41.1 Å². The zero-order valence-corrected chi connectivity index (χ0v) is 12.6. The first kappa shape index (κ1) is 16.9. The molecule has 5 heteroatoms. The second-order valence-electron chi connectivity index (χ2n) is 5.16. The Kier molecular flexibility index (Phi) is 6.43. The molecule has 1 aromatic rings. The van der Waals surface area contributed by atoms with Gasteiger partial charge in [0.2, 0.25) is 5.91 Å². The Bertz CT molecular complexity index is 430. The van der Waals surface area contributed by atoms with Crippen LogP contribution in [-0.2, 0) is 10.2 Å². The lowest BCUT2D eigenvalue weighted by molar-refractivity contribution is -0.126. The molecule has 0 heterocycles. The number of carbonyl (C=O) groups is 1. The fourth-order valence-electron chi connectivity index (χ4n) is 2.86. The Balaban J connectivity index is 0.00000200. The summed E-state index contributed by atoms with van der Waals surface area (Å²) in [6.07, 6.45) is 3.81. The molecule has 0 atom stereocenters. The van der Waals surface area contributed by atoms with E-state index in [0.717, 1.165) is 37.8 Å². The summed E-state index contributed by atoms with van der Waals surface area (Å²) < 4.78 is 13.0. The van der Waals surface area contributed by atoms with Crippen molar-refractivity contribution in [3.8, 4) is 0 Å². The van der Waals surface area contributed by atoms with E-state index in [2.05, 4.69) is 10.6 Å². The summed E-state index contributed by atoms with van der Waals surface area (Å²) >= 11 is 0. The second kappa shape index (κ2) is 7.60. The van der Waals surface area contributed by atoms with E-state index in [-0.39, 0.29) is 24.1 Å². The Morgan fingerprint density at radius 2 is 1.80 bits per heavy atom. The van der Waals surface area contributed by atoms with Gasteiger partial charge in [0, 0.05) is 13.1 Å². The Hall–Kier alpha value is -1.13. The van der Waals surface area contributed by atoms with Crippen LogP contribution in [0, 0.1) is 5.82 Å². The molecular formula is C15H22ClFN2O. The van der Waals surface area contributed by atoms with Crippen molar-refractivity contribution in [2.75, 3.05) is 20.1 Å². The Morgan fingerprint density at radius 1 is 1.20 bits per heavy atom. The number of carbonyl (C=O) groups excluding carboxylic acids is 1. The van der Waals surface area contributed by atoms with E-state index in [0.29, 0.717) is 6.54 Å². The molecule has 1 saturated carbocycles. The molecule has 1 aromatic carbocycles. The van der Waals surface area contributed by atoms with E-state index >= 15 is 0 Å². The van der Waals surface area contributed by atoms with Gasteiger partial charge in [-0.25, -0.2) is 4.39 Å². The van der Waals surface area contributed by atoms with Crippen LogP contribution in [0.15, 0.2) is 24.3 Å². The van der Waals surface area contributed by atoms with Crippen LogP contribution in [0.5, 0.6) is 0 Å². The number of hydrogen-bond acceptors (Lipinski definition) is 2. The largest absolute Gasteiger partial charge is 0.354 e. The van der Waals surface area contributed by atoms with Crippen LogP contribution >= 0.6 is 12.4 Å². The molecule has 1 fully saturated rings. The summed E-state index contributed by atoms with van der Waals surface area (Å²) in [7, 11) is 1.86. The molecule has 0 aliphatic heterocycles. The van der Waals surface area contributed by atoms with Gasteiger partial charge in [0.05, 0.1) is 5.41 Å². The van der Waals surface area contributed by atoms with Gasteiger partial charge >= 0.3 is 0 Å². The first-order valence-corrected chi connectivity index (χ1v) is 6.88. The highest BCUT2D eigenvalue weighted by molar-refractivity contribution is 5.88. The summed E-state index contributed by atoms with van der Waals surface area (Å²) in [5.41, 5.74) is 0.481. The Labute approximate surface area is 125 Å². The van der Waals surface area contributed by atoms with Gasteiger partial charge < -0.3 is 10.6 Å². The summed E-state index contributed by atoms with van der Waals surface area (Å²) in [5.74, 6) is -0.181. The van der Waals surface area contributed by atoms with Crippen molar-refractivity contribution in [3.05, 3.63) is 35.6 Å². The average molecular weight is 301 g/mol. The van der Waals surface area contributed by atoms with Crippen LogP contribution in [0.2, 0.25) is 0 Å². The first-order chi connectivity index (χ1) is 9.19. The van der Waals surface area contributed by atoms with Crippen molar-refractivity contribution in [2.24, 2.45) is 0 Å². The van der Waals surface area contributed by atoms with Crippen LogP contribution in [0.3, 0.4) is 0 Å². The standard InChI is InChI=1S/C15H21FN2O.ClH/c1-17-10-11-18-14(19)15(8-2-3-9-15)12-4-6-13(16)7-5-12;/h4-7,17H,2-3,8-11H2,1H3,(H,18,19);1H. The molecule has 0 aromatic heterocycles. The lowest BCUT2D eigenvalue weighted by Crippen LogP contribution is -2.44. The monoisotopic (exact) mass is 300 g/mol. The number of benzene rings is 1. The van der Waals surface area contributed by atoms with Gasteiger partial charge in [0.1, 0.15) is 5.82 Å². The lowest BCUT2D eigenvalue weighted by Gasteiger charge is -2.28. The van der Waals surface area contributed by atoms with Crippen LogP contribution in [0.4, 0.5) is 4.39 Å². The number of nitrogens with one attached hydrogen (secondary N) is 2. The molecular weight excluding hydrogens is 279 g/mol. The third-order valence-corrected chi connectivity index (χ3v) is 3.95. The summed E-state index contributed by atoms with van der Waals surface area (Å²) in [5, 5.41) is 5.99. The zero-order valence-electron chi connectivity index (χ0n) is 11.7. The molecule has 0 spiro atoms. The molecule has 2 rings (SSSR count). The van der Waals surface area contributed by atoms with E-state index in [1.165, 1.54) is 12.1 Å². The maximum Gasteiger partial charge on any atom is 0.230 e. The SMILES string of the molecule is CNCCNC(=O)C1(c2ccc(F)cc2)CCCC1.Cl. The minimum atomic E-state index is -0.457. The summed E-state index contributed by atoms with van der Waals surface area (Å²) in [6, 6.07) is 6.38. The molecule has 0 unspecified atom stereocenters. The third kappa shape index (κ3) is 3.49. The van der Waals surface area contributed by atoms with Gasteiger partial charge in [0.25, 0.3) is 0 Å². The van der Waals surface area contributed by atoms with Crippen molar-refractivity contribution in [2.45, 2.75) is 31.1 Å². The maximum atomic E-state index is 13.0. The van der Waals surface area contributed by atoms with Gasteiger partial charge in [0.15, 0.2) is 0 Å². The van der Waals surface area contributed by atoms with E-state index in [1.54, 1.807) is 12.1 Å². The molecule has 1 aliphatic carbocycles. The fraction of sp³-hybridized carbons (Fsp3) is 0.533. The Morgan fingerprint density at radius 3 is 2.35 bits per heavy atom. The van der Waals surface area contributed by atoms with Gasteiger partial charge in [-0.3, -0.25) is 4.79 Å². The molecule has 20 heavy (non-hydrogen) atoms. The van der Waals surface area contributed by atoms with E-state index in [9.17, 15) is 9.18 Å². The van der Waals surface area contributed by atoms with Crippen LogP contribution in [-0.4, -0.2) is 26.0 Å². The minimum absolute atomic E-state index is 0. The third-order valence-electron chi connectivity index (χ3n) is 3.95. The molecule has 0 saturated heterocycles. The molecule has 1 amide bonds. The smallest absolute Gasteiger partial charge is 0.230 e. The van der Waals surface area contributed by atoms with Crippen molar-refractivity contribution >= 4 is 18.3 Å². The summed E-state index contributed by atoms with van der Waals surface area (Å²) in [6.45, 7) is 1.38. The van der Waals surface area contributed by atoms with Gasteiger partial charge in [-0.15, -0.1) is 12.4 Å². The average Bonchev–Trinajstić information content (AvgIpc) is 2.90. The molecule has 1 aliphatic rings. The second-order valence-corrected chi connectivity index (χ2v) is 5.16. The molecule has 0 radical (unpaired) electrons. The van der Waals surface area contributed by atoms with Crippen molar-refractivity contribution in [1.29, 1.82) is 0 Å². The highest BCUT2D eigenvalue weighted by atomic mass is 35.5. The zero-order chi connectivity index (χ0) is 13.7. The quantitative estimate of drug-likeness (QED) is 0.820. The summed E-state index contributed by atoms with van der Waals surface area (Å²) in [4.78, 5) is 12.5. The number of likely N-dealkylation sites (N-methyl/N-ethyl adjacent to an activating group) is 1. The number of hydrogen-bond donors (Lipinski definition) is 2. The number of halogens is 2. The molecule has 0 bridgehead atoms. The van der Waals surface area contributed by atoms with Crippen molar-refractivity contribution < 1.29 is 9.18 Å². The number of amides is 1. The van der Waals surface area contributed by atoms with Crippen molar-refractivity contribution in [1.82, 2.24) is 10.6 Å². The van der Waals surface area contributed by atoms with E-state index < -0.39 is 5.41 Å².